The Kier molecular flexibility index (Phi) is 7.64. The number of carbonyl (C=O) groups excluding carboxylic acids is 1. The van der Waals surface area contributed by atoms with Crippen molar-refractivity contribution in [1.82, 2.24) is 9.58 Å². The zero-order chi connectivity index (χ0) is 22.3. The van der Waals surface area contributed by atoms with E-state index in [4.69, 9.17) is 0 Å². The van der Waals surface area contributed by atoms with E-state index in [-0.39, 0.29) is 5.78 Å². The normalized spacial score (nSPS) is 15.3. The van der Waals surface area contributed by atoms with Crippen LogP contribution in [0.2, 0.25) is 0 Å². The Labute approximate surface area is 192 Å². The van der Waals surface area contributed by atoms with Crippen LogP contribution in [0, 0.1) is 0 Å². The van der Waals surface area contributed by atoms with Gasteiger partial charge in [0, 0.05) is 29.3 Å². The average molecular weight is 432 g/mol. The molecule has 0 radical (unpaired) electrons. The molecule has 3 aromatic rings. The minimum Gasteiger partial charge on any atom is -0.326 e. The van der Waals surface area contributed by atoms with Crippen LogP contribution in [0.25, 0.3) is 10.9 Å². The Morgan fingerprint density at radius 2 is 1.75 bits per heavy atom. The summed E-state index contributed by atoms with van der Waals surface area (Å²) in [6.45, 7) is 8.97. The first-order valence-corrected chi connectivity index (χ1v) is 12.4. The number of unbranched alkanes of at least 4 members (excludes halogenated alkanes) is 2. The quantitative estimate of drug-likeness (QED) is 0.307. The number of fused-ring (bicyclic) bond motifs is 1. The molecule has 0 bridgehead atoms. The fourth-order valence-corrected chi connectivity index (χ4v) is 4.89. The van der Waals surface area contributed by atoms with Gasteiger partial charge in [0.15, 0.2) is 5.78 Å². The van der Waals surface area contributed by atoms with Crippen LogP contribution < -0.4 is 5.43 Å². The standard InChI is InChI=1S/C28H37N3O/c1-3-5-9-17-30-18-14-22(15-19-30)26-21-31(29-16-4-2)27-13-12-24(20-25(26)27)28(32)23-10-7-6-8-11-23/h6-8,10-13,20-22,29H,3-5,9,14-19H2,1-2H3. The summed E-state index contributed by atoms with van der Waals surface area (Å²) < 4.78 is 2.18. The molecule has 1 aromatic heterocycles. The summed E-state index contributed by atoms with van der Waals surface area (Å²) in [7, 11) is 0. The lowest BCUT2D eigenvalue weighted by molar-refractivity contribution is 0.103. The van der Waals surface area contributed by atoms with Crippen LogP contribution in [0.1, 0.15) is 79.8 Å². The lowest BCUT2D eigenvalue weighted by Crippen LogP contribution is -2.33. The Balaban J connectivity index is 1.60. The van der Waals surface area contributed by atoms with Crippen molar-refractivity contribution in [1.29, 1.82) is 0 Å². The number of hydrogen-bond donors (Lipinski definition) is 1. The van der Waals surface area contributed by atoms with Gasteiger partial charge in [-0.15, -0.1) is 0 Å². The topological polar surface area (TPSA) is 37.3 Å². The molecule has 0 unspecified atom stereocenters. The van der Waals surface area contributed by atoms with Crippen LogP contribution in [-0.4, -0.2) is 41.5 Å². The van der Waals surface area contributed by atoms with Crippen LogP contribution in [0.5, 0.6) is 0 Å². The Morgan fingerprint density at radius 1 is 0.969 bits per heavy atom. The van der Waals surface area contributed by atoms with Gasteiger partial charge in [-0.25, -0.2) is 0 Å². The van der Waals surface area contributed by atoms with Crippen molar-refractivity contribution in [2.75, 3.05) is 31.6 Å². The van der Waals surface area contributed by atoms with Crippen molar-refractivity contribution in [2.24, 2.45) is 0 Å². The molecule has 4 nitrogen and oxygen atoms in total. The monoisotopic (exact) mass is 431 g/mol. The van der Waals surface area contributed by atoms with Crippen molar-refractivity contribution >= 4 is 16.7 Å². The summed E-state index contributed by atoms with van der Waals surface area (Å²) in [5, 5.41) is 1.22. The fourth-order valence-electron chi connectivity index (χ4n) is 4.89. The zero-order valence-electron chi connectivity index (χ0n) is 19.6. The largest absolute Gasteiger partial charge is 0.326 e. The van der Waals surface area contributed by atoms with Crippen LogP contribution >= 0.6 is 0 Å². The second-order valence-corrected chi connectivity index (χ2v) is 9.11. The van der Waals surface area contributed by atoms with E-state index >= 15 is 0 Å². The van der Waals surface area contributed by atoms with Crippen molar-refractivity contribution in [3.05, 3.63) is 71.4 Å². The van der Waals surface area contributed by atoms with Crippen molar-refractivity contribution in [2.45, 2.75) is 58.3 Å². The summed E-state index contributed by atoms with van der Waals surface area (Å²) >= 11 is 0. The summed E-state index contributed by atoms with van der Waals surface area (Å²) in [5.41, 5.74) is 7.62. The van der Waals surface area contributed by atoms with E-state index in [9.17, 15) is 4.79 Å². The fraction of sp³-hybridized carbons (Fsp3) is 0.464. The molecule has 0 saturated carbocycles. The van der Waals surface area contributed by atoms with Crippen LogP contribution in [-0.2, 0) is 0 Å². The number of likely N-dealkylation sites (tertiary alicyclic amines) is 1. The average Bonchev–Trinajstić information content (AvgIpc) is 3.21. The van der Waals surface area contributed by atoms with E-state index in [0.717, 1.165) is 24.1 Å². The molecule has 0 amide bonds. The molecule has 0 aliphatic carbocycles. The molecular formula is C28H37N3O. The molecule has 2 heterocycles. The molecule has 0 spiro atoms. The first-order chi connectivity index (χ1) is 15.7. The van der Waals surface area contributed by atoms with Gasteiger partial charge in [-0.05, 0) is 75.0 Å². The maximum Gasteiger partial charge on any atom is 0.193 e. The van der Waals surface area contributed by atoms with Crippen molar-refractivity contribution < 1.29 is 4.79 Å². The van der Waals surface area contributed by atoms with Crippen molar-refractivity contribution in [3.63, 3.8) is 0 Å². The highest BCUT2D eigenvalue weighted by atomic mass is 16.1. The molecule has 1 N–H and O–H groups in total. The Hall–Kier alpha value is -2.59. The molecule has 0 atom stereocenters. The highest BCUT2D eigenvalue weighted by Crippen LogP contribution is 2.35. The molecule has 4 rings (SSSR count). The molecule has 170 valence electrons. The zero-order valence-corrected chi connectivity index (χ0v) is 19.6. The molecule has 1 aliphatic rings. The SMILES string of the molecule is CCCCCN1CCC(c2cn(NCCC)c3ccc(C(=O)c4ccccc4)cc23)CC1. The number of nitrogens with one attached hydrogen (secondary N) is 1. The molecule has 1 fully saturated rings. The minimum absolute atomic E-state index is 0.0958. The third-order valence-electron chi connectivity index (χ3n) is 6.77. The lowest BCUT2D eigenvalue weighted by atomic mass is 9.88. The number of ketones is 1. The van der Waals surface area contributed by atoms with Gasteiger partial charge in [0.25, 0.3) is 0 Å². The number of carbonyl (C=O) groups is 1. The van der Waals surface area contributed by atoms with Gasteiger partial charge >= 0.3 is 0 Å². The summed E-state index contributed by atoms with van der Waals surface area (Å²) in [4.78, 5) is 15.7. The molecule has 32 heavy (non-hydrogen) atoms. The van der Waals surface area contributed by atoms with Gasteiger partial charge in [-0.3, -0.25) is 9.47 Å². The predicted octanol–water partition coefficient (Wildman–Crippen LogP) is 6.20. The second kappa shape index (κ2) is 10.8. The van der Waals surface area contributed by atoms with E-state index in [1.54, 1.807) is 0 Å². The summed E-state index contributed by atoms with van der Waals surface area (Å²) in [5.74, 6) is 0.644. The van der Waals surface area contributed by atoms with Gasteiger partial charge in [0.05, 0.1) is 5.52 Å². The van der Waals surface area contributed by atoms with Gasteiger partial charge in [0.1, 0.15) is 0 Å². The Morgan fingerprint density at radius 3 is 2.47 bits per heavy atom. The molecule has 1 saturated heterocycles. The van der Waals surface area contributed by atoms with Gasteiger partial charge < -0.3 is 10.3 Å². The molecular weight excluding hydrogens is 394 g/mol. The maximum atomic E-state index is 13.1. The second-order valence-electron chi connectivity index (χ2n) is 9.11. The minimum atomic E-state index is 0.0958. The molecule has 4 heteroatoms. The van der Waals surface area contributed by atoms with E-state index in [0.29, 0.717) is 5.92 Å². The maximum absolute atomic E-state index is 13.1. The van der Waals surface area contributed by atoms with E-state index in [1.807, 2.05) is 36.4 Å². The number of nitrogens with zero attached hydrogens (tertiary/aromatic N) is 2. The smallest absolute Gasteiger partial charge is 0.193 e. The van der Waals surface area contributed by atoms with Crippen LogP contribution in [0.4, 0.5) is 0 Å². The third-order valence-corrected chi connectivity index (χ3v) is 6.77. The van der Waals surface area contributed by atoms with Gasteiger partial charge in [-0.1, -0.05) is 57.0 Å². The molecule has 1 aliphatic heterocycles. The summed E-state index contributed by atoms with van der Waals surface area (Å²) in [6.07, 6.45) is 9.67. The van der Waals surface area contributed by atoms with E-state index in [2.05, 4.69) is 47.2 Å². The predicted molar refractivity (Wildman–Crippen MR) is 134 cm³/mol. The number of rotatable bonds is 10. The van der Waals surface area contributed by atoms with Crippen LogP contribution in [0.15, 0.2) is 54.7 Å². The number of aromatic nitrogens is 1. The Bertz CT molecular complexity index is 1020. The first-order valence-electron chi connectivity index (χ1n) is 12.4. The van der Waals surface area contributed by atoms with Crippen LogP contribution in [0.3, 0.4) is 0 Å². The van der Waals surface area contributed by atoms with Crippen molar-refractivity contribution in [3.8, 4) is 0 Å². The third kappa shape index (κ3) is 5.07. The highest BCUT2D eigenvalue weighted by molar-refractivity contribution is 6.10. The first kappa shape index (κ1) is 22.6. The number of piperidine rings is 1. The molecule has 2 aromatic carbocycles. The highest BCUT2D eigenvalue weighted by Gasteiger charge is 2.24. The van der Waals surface area contributed by atoms with E-state index in [1.165, 1.54) is 68.2 Å². The number of benzene rings is 2. The van der Waals surface area contributed by atoms with Gasteiger partial charge in [-0.2, -0.15) is 0 Å². The number of hydrogen-bond acceptors (Lipinski definition) is 3. The van der Waals surface area contributed by atoms with E-state index < -0.39 is 0 Å². The lowest BCUT2D eigenvalue weighted by Gasteiger charge is -2.32. The van der Waals surface area contributed by atoms with Gasteiger partial charge in [0.2, 0.25) is 0 Å². The summed E-state index contributed by atoms with van der Waals surface area (Å²) in [6, 6.07) is 15.8.